The second kappa shape index (κ2) is 8.31. The number of hydrogen-bond acceptors (Lipinski definition) is 5. The lowest BCUT2D eigenvalue weighted by molar-refractivity contribution is -0.234. The van der Waals surface area contributed by atoms with Gasteiger partial charge in [-0.3, -0.25) is 0 Å². The van der Waals surface area contributed by atoms with Crippen molar-refractivity contribution in [3.8, 4) is 0 Å². The lowest BCUT2D eigenvalue weighted by Gasteiger charge is -2.19. The van der Waals surface area contributed by atoms with Crippen molar-refractivity contribution in [2.24, 2.45) is 5.92 Å². The van der Waals surface area contributed by atoms with Gasteiger partial charge in [-0.2, -0.15) is 4.89 Å². The Morgan fingerprint density at radius 3 is 2.71 bits per heavy atom. The predicted molar refractivity (Wildman–Crippen MR) is 90.9 cm³/mol. The minimum atomic E-state index is -3.80. The highest BCUT2D eigenvalue weighted by molar-refractivity contribution is 7.89. The van der Waals surface area contributed by atoms with Crippen molar-refractivity contribution in [1.82, 2.24) is 4.72 Å². The van der Waals surface area contributed by atoms with Crippen molar-refractivity contribution >= 4 is 21.6 Å². The Bertz CT molecular complexity index is 702. The van der Waals surface area contributed by atoms with E-state index in [1.165, 1.54) is 12.1 Å². The van der Waals surface area contributed by atoms with Crippen molar-refractivity contribution in [3.05, 3.63) is 40.6 Å². The van der Waals surface area contributed by atoms with Crippen molar-refractivity contribution in [2.45, 2.75) is 37.6 Å². The molecule has 24 heavy (non-hydrogen) atoms. The van der Waals surface area contributed by atoms with E-state index >= 15 is 0 Å². The summed E-state index contributed by atoms with van der Waals surface area (Å²) in [5, 5.41) is 9.87. The molecule has 1 heterocycles. The SMILES string of the molecule is CC(C)CC(CO)NS(=O)(=O)c1ccc(Cl)cc1CC1=CCOO1. The highest BCUT2D eigenvalue weighted by atomic mass is 35.5. The predicted octanol–water partition coefficient (Wildman–Crippen LogP) is 2.41. The smallest absolute Gasteiger partial charge is 0.241 e. The molecular weight excluding hydrogens is 354 g/mol. The van der Waals surface area contributed by atoms with Crippen LogP contribution in [0.15, 0.2) is 34.9 Å². The molecule has 0 fully saturated rings. The average molecular weight is 376 g/mol. The van der Waals surface area contributed by atoms with Gasteiger partial charge in [-0.25, -0.2) is 13.1 Å². The fourth-order valence-corrected chi connectivity index (χ4v) is 4.17. The summed E-state index contributed by atoms with van der Waals surface area (Å²) in [6, 6.07) is 4.04. The molecule has 1 unspecified atom stereocenters. The molecule has 1 aromatic carbocycles. The molecule has 1 aliphatic rings. The number of sulfonamides is 1. The van der Waals surface area contributed by atoms with E-state index in [1.807, 2.05) is 13.8 Å². The maximum absolute atomic E-state index is 12.7. The van der Waals surface area contributed by atoms with Crippen LogP contribution in [0.25, 0.3) is 0 Å². The molecule has 0 spiro atoms. The molecule has 2 N–H and O–H groups in total. The lowest BCUT2D eigenvalue weighted by atomic mass is 10.1. The molecule has 0 radical (unpaired) electrons. The fraction of sp³-hybridized carbons (Fsp3) is 0.500. The van der Waals surface area contributed by atoms with Crippen LogP contribution < -0.4 is 4.72 Å². The molecule has 0 bridgehead atoms. The van der Waals surface area contributed by atoms with Gasteiger partial charge < -0.3 is 9.99 Å². The number of benzene rings is 1. The molecule has 0 saturated carbocycles. The largest absolute Gasteiger partial charge is 0.395 e. The Morgan fingerprint density at radius 1 is 1.38 bits per heavy atom. The summed E-state index contributed by atoms with van der Waals surface area (Å²) >= 11 is 6.01. The zero-order valence-corrected chi connectivity index (χ0v) is 15.2. The lowest BCUT2D eigenvalue weighted by Crippen LogP contribution is -2.38. The van der Waals surface area contributed by atoms with Crippen LogP contribution in [0.2, 0.25) is 5.02 Å². The first-order valence-corrected chi connectivity index (χ1v) is 9.58. The van der Waals surface area contributed by atoms with Gasteiger partial charge in [0.15, 0.2) is 0 Å². The number of aliphatic hydroxyl groups is 1. The fourth-order valence-electron chi connectivity index (χ4n) is 2.52. The zero-order valence-electron chi connectivity index (χ0n) is 13.7. The van der Waals surface area contributed by atoms with Crippen LogP contribution in [-0.2, 0) is 26.2 Å². The molecule has 2 rings (SSSR count). The van der Waals surface area contributed by atoms with E-state index in [1.54, 1.807) is 12.1 Å². The van der Waals surface area contributed by atoms with Crippen LogP contribution in [-0.4, -0.2) is 32.8 Å². The number of rotatable bonds is 8. The molecule has 1 atom stereocenters. The van der Waals surface area contributed by atoms with Gasteiger partial charge in [-0.05, 0) is 42.2 Å². The van der Waals surface area contributed by atoms with E-state index in [2.05, 4.69) is 4.72 Å². The standard InChI is InChI=1S/C16H22ClNO5S/c1-11(2)7-14(10-19)18-24(20,21)16-4-3-13(17)8-12(16)9-15-5-6-22-23-15/h3-5,8,11,14,18-19H,6-7,9-10H2,1-2H3. The maximum Gasteiger partial charge on any atom is 0.241 e. The van der Waals surface area contributed by atoms with Crippen LogP contribution >= 0.6 is 11.6 Å². The number of hydrogen-bond donors (Lipinski definition) is 2. The van der Waals surface area contributed by atoms with Gasteiger partial charge in [0.2, 0.25) is 10.0 Å². The first-order valence-electron chi connectivity index (χ1n) is 7.72. The number of halogens is 1. The minimum absolute atomic E-state index is 0.116. The summed E-state index contributed by atoms with van der Waals surface area (Å²) in [6.07, 6.45) is 2.53. The molecular formula is C16H22ClNO5S. The maximum atomic E-state index is 12.7. The van der Waals surface area contributed by atoms with E-state index < -0.39 is 16.1 Å². The monoisotopic (exact) mass is 375 g/mol. The molecule has 0 amide bonds. The Balaban J connectivity index is 2.28. The summed E-state index contributed by atoms with van der Waals surface area (Å²) in [5.74, 6) is 0.790. The molecule has 0 aromatic heterocycles. The van der Waals surface area contributed by atoms with E-state index in [0.29, 0.717) is 29.4 Å². The van der Waals surface area contributed by atoms with E-state index in [-0.39, 0.29) is 23.8 Å². The molecule has 1 aromatic rings. The van der Waals surface area contributed by atoms with Crippen LogP contribution in [0.5, 0.6) is 0 Å². The number of allylic oxidation sites excluding steroid dienone is 1. The first kappa shape index (κ1) is 19.2. The van der Waals surface area contributed by atoms with Gasteiger partial charge in [-0.1, -0.05) is 25.4 Å². The Hall–Kier alpha value is -1.12. The number of aliphatic hydroxyl groups excluding tert-OH is 1. The topological polar surface area (TPSA) is 84.9 Å². The normalized spacial score (nSPS) is 16.1. The molecule has 0 saturated heterocycles. The van der Waals surface area contributed by atoms with Gasteiger partial charge in [-0.15, -0.1) is 0 Å². The third kappa shape index (κ3) is 5.19. The van der Waals surface area contributed by atoms with Gasteiger partial charge in [0.25, 0.3) is 0 Å². The van der Waals surface area contributed by atoms with Crippen LogP contribution in [0.4, 0.5) is 0 Å². The van der Waals surface area contributed by atoms with Crippen molar-refractivity contribution in [2.75, 3.05) is 13.2 Å². The molecule has 1 aliphatic heterocycles. The second-order valence-corrected chi connectivity index (χ2v) is 8.22. The third-order valence-electron chi connectivity index (χ3n) is 3.52. The molecule has 134 valence electrons. The minimum Gasteiger partial charge on any atom is -0.395 e. The third-order valence-corrected chi connectivity index (χ3v) is 5.38. The Morgan fingerprint density at radius 2 is 2.12 bits per heavy atom. The Kier molecular flexibility index (Phi) is 6.65. The summed E-state index contributed by atoms with van der Waals surface area (Å²) in [7, 11) is -3.80. The van der Waals surface area contributed by atoms with Crippen molar-refractivity contribution in [1.29, 1.82) is 0 Å². The van der Waals surface area contributed by atoms with E-state index in [4.69, 9.17) is 21.4 Å². The van der Waals surface area contributed by atoms with Gasteiger partial charge in [0.1, 0.15) is 12.4 Å². The summed E-state index contributed by atoms with van der Waals surface area (Å²) in [6.45, 7) is 4.00. The highest BCUT2D eigenvalue weighted by Crippen LogP contribution is 2.25. The zero-order chi connectivity index (χ0) is 17.7. The molecule has 8 heteroatoms. The summed E-state index contributed by atoms with van der Waals surface area (Å²) in [5.41, 5.74) is 0.507. The van der Waals surface area contributed by atoms with Gasteiger partial charge >= 0.3 is 0 Å². The van der Waals surface area contributed by atoms with Crippen molar-refractivity contribution < 1.29 is 23.3 Å². The molecule has 6 nitrogen and oxygen atoms in total. The Labute approximate surface area is 147 Å². The van der Waals surface area contributed by atoms with Crippen LogP contribution in [0, 0.1) is 5.92 Å². The van der Waals surface area contributed by atoms with Crippen molar-refractivity contribution in [3.63, 3.8) is 0 Å². The van der Waals surface area contributed by atoms with Crippen LogP contribution in [0.1, 0.15) is 25.8 Å². The first-order chi connectivity index (χ1) is 11.3. The summed E-state index contributed by atoms with van der Waals surface area (Å²) < 4.78 is 28.0. The van der Waals surface area contributed by atoms with E-state index in [0.717, 1.165) is 0 Å². The van der Waals surface area contributed by atoms with Crippen LogP contribution in [0.3, 0.4) is 0 Å². The summed E-state index contributed by atoms with van der Waals surface area (Å²) in [4.78, 5) is 9.89. The van der Waals surface area contributed by atoms with E-state index in [9.17, 15) is 13.5 Å². The quantitative estimate of drug-likeness (QED) is 0.681. The van der Waals surface area contributed by atoms with Gasteiger partial charge in [0, 0.05) is 17.5 Å². The second-order valence-electron chi connectivity index (χ2n) is 6.10. The average Bonchev–Trinajstić information content (AvgIpc) is 2.98. The molecule has 0 aliphatic carbocycles. The highest BCUT2D eigenvalue weighted by Gasteiger charge is 2.24. The van der Waals surface area contributed by atoms with Gasteiger partial charge in [0.05, 0.1) is 11.5 Å². The number of nitrogens with one attached hydrogen (secondary N) is 1.